The van der Waals surface area contributed by atoms with Gasteiger partial charge in [0.1, 0.15) is 4.21 Å². The molecule has 3 heterocycles. The van der Waals surface area contributed by atoms with E-state index in [1.165, 1.54) is 11.3 Å². The van der Waals surface area contributed by atoms with Gasteiger partial charge in [-0.25, -0.2) is 8.42 Å². The predicted molar refractivity (Wildman–Crippen MR) is 81.5 cm³/mol. The van der Waals surface area contributed by atoms with Crippen molar-refractivity contribution < 1.29 is 8.42 Å². The quantitative estimate of drug-likeness (QED) is 0.771. The van der Waals surface area contributed by atoms with E-state index in [9.17, 15) is 8.42 Å². The van der Waals surface area contributed by atoms with Crippen molar-refractivity contribution >= 4 is 37.3 Å². The maximum Gasteiger partial charge on any atom is 0.253 e. The molecule has 3 rings (SSSR count). The van der Waals surface area contributed by atoms with Gasteiger partial charge in [0.2, 0.25) is 0 Å². The second-order valence-electron chi connectivity index (χ2n) is 5.36. The van der Waals surface area contributed by atoms with E-state index < -0.39 is 10.0 Å². The molecule has 2 atom stereocenters. The molecule has 2 saturated heterocycles. The molecule has 2 unspecified atom stereocenters. The number of fused-ring (bicyclic) bond motifs is 2. The van der Waals surface area contributed by atoms with Crippen molar-refractivity contribution in [2.24, 2.45) is 0 Å². The Balaban J connectivity index is 1.93. The van der Waals surface area contributed by atoms with Crippen LogP contribution in [-0.4, -0.2) is 29.6 Å². The fraction of sp³-hybridized carbons (Fsp3) is 0.692. The summed E-state index contributed by atoms with van der Waals surface area (Å²) in [6.45, 7) is 2.06. The summed E-state index contributed by atoms with van der Waals surface area (Å²) >= 11 is 5.08. The molecular formula is C13H18BrNO2S2. The maximum absolute atomic E-state index is 12.8. The smallest absolute Gasteiger partial charge is 0.206 e. The van der Waals surface area contributed by atoms with E-state index >= 15 is 0 Å². The molecule has 0 amide bonds. The topological polar surface area (TPSA) is 37.4 Å². The van der Waals surface area contributed by atoms with Gasteiger partial charge in [-0.1, -0.05) is 22.9 Å². The first-order valence-electron chi connectivity index (χ1n) is 6.78. The van der Waals surface area contributed by atoms with Crippen molar-refractivity contribution in [1.29, 1.82) is 0 Å². The average molecular weight is 364 g/mol. The van der Waals surface area contributed by atoms with Gasteiger partial charge < -0.3 is 0 Å². The number of hydrogen-bond donors (Lipinski definition) is 0. The molecule has 0 spiro atoms. The van der Waals surface area contributed by atoms with Gasteiger partial charge in [0.05, 0.1) is 0 Å². The Morgan fingerprint density at radius 1 is 1.32 bits per heavy atom. The maximum atomic E-state index is 12.8. The molecule has 2 aliphatic heterocycles. The van der Waals surface area contributed by atoms with Gasteiger partial charge >= 0.3 is 0 Å². The Bertz CT molecular complexity index is 555. The standard InChI is InChI=1S/C13H18BrNO2S2/c1-2-12-5-6-13(18-12)19(16,17)15-10-3-4-11(15)8-9(14)7-10/h5-6,9-11H,2-4,7-8H2,1H3. The third kappa shape index (κ3) is 2.41. The SMILES string of the molecule is CCc1ccc(S(=O)(=O)N2C3CCC2CC(Br)C3)s1. The predicted octanol–water partition coefficient (Wildman–Crippen LogP) is 3.39. The van der Waals surface area contributed by atoms with Crippen molar-refractivity contribution in [3.05, 3.63) is 17.0 Å². The largest absolute Gasteiger partial charge is 0.253 e. The van der Waals surface area contributed by atoms with E-state index in [1.807, 2.05) is 6.07 Å². The summed E-state index contributed by atoms with van der Waals surface area (Å²) in [4.78, 5) is 1.62. The van der Waals surface area contributed by atoms with Gasteiger partial charge in [-0.3, -0.25) is 0 Å². The number of hydrogen-bond acceptors (Lipinski definition) is 3. The van der Waals surface area contributed by atoms with Crippen molar-refractivity contribution in [3.63, 3.8) is 0 Å². The summed E-state index contributed by atoms with van der Waals surface area (Å²) in [7, 11) is -3.28. The zero-order chi connectivity index (χ0) is 13.6. The minimum atomic E-state index is -3.28. The van der Waals surface area contributed by atoms with Crippen LogP contribution < -0.4 is 0 Å². The number of halogens is 1. The molecule has 0 radical (unpaired) electrons. The van der Waals surface area contributed by atoms with Crippen LogP contribution in [0.1, 0.15) is 37.5 Å². The Kier molecular flexibility index (Phi) is 3.79. The van der Waals surface area contributed by atoms with E-state index in [-0.39, 0.29) is 12.1 Å². The van der Waals surface area contributed by atoms with Crippen molar-refractivity contribution in [2.75, 3.05) is 0 Å². The number of aryl methyl sites for hydroxylation is 1. The van der Waals surface area contributed by atoms with Crippen LogP contribution in [0, 0.1) is 0 Å². The van der Waals surface area contributed by atoms with Crippen LogP contribution in [0.5, 0.6) is 0 Å². The average Bonchev–Trinajstić information content (AvgIpc) is 2.93. The van der Waals surface area contributed by atoms with Crippen LogP contribution in [0.15, 0.2) is 16.3 Å². The van der Waals surface area contributed by atoms with Crippen LogP contribution in [0.2, 0.25) is 0 Å². The van der Waals surface area contributed by atoms with Crippen LogP contribution in [0.4, 0.5) is 0 Å². The lowest BCUT2D eigenvalue weighted by Gasteiger charge is -2.35. The van der Waals surface area contributed by atoms with Gasteiger partial charge in [-0.15, -0.1) is 11.3 Å². The highest BCUT2D eigenvalue weighted by atomic mass is 79.9. The summed E-state index contributed by atoms with van der Waals surface area (Å²) in [5, 5.41) is 0. The lowest BCUT2D eigenvalue weighted by Crippen LogP contribution is -2.46. The van der Waals surface area contributed by atoms with Gasteiger partial charge in [0.25, 0.3) is 10.0 Å². The Morgan fingerprint density at radius 2 is 1.95 bits per heavy atom. The summed E-state index contributed by atoms with van der Waals surface area (Å²) < 4.78 is 27.9. The fourth-order valence-electron chi connectivity index (χ4n) is 3.25. The number of piperidine rings is 1. The van der Waals surface area contributed by atoms with E-state index in [1.54, 1.807) is 10.4 Å². The number of thiophene rings is 1. The molecule has 6 heteroatoms. The summed E-state index contributed by atoms with van der Waals surface area (Å²) in [6, 6.07) is 4.11. The Morgan fingerprint density at radius 3 is 2.47 bits per heavy atom. The third-order valence-corrected chi connectivity index (χ3v) is 8.58. The first kappa shape index (κ1) is 14.0. The molecule has 2 fully saturated rings. The highest BCUT2D eigenvalue weighted by Crippen LogP contribution is 2.42. The van der Waals surface area contributed by atoms with Crippen LogP contribution in [0.3, 0.4) is 0 Å². The van der Waals surface area contributed by atoms with E-state index in [2.05, 4.69) is 22.9 Å². The van der Waals surface area contributed by atoms with Crippen molar-refractivity contribution in [3.8, 4) is 0 Å². The van der Waals surface area contributed by atoms with E-state index in [0.717, 1.165) is 37.0 Å². The lowest BCUT2D eigenvalue weighted by molar-refractivity contribution is 0.255. The van der Waals surface area contributed by atoms with Gasteiger partial charge in [0.15, 0.2) is 0 Å². The number of nitrogens with zero attached hydrogens (tertiary/aromatic N) is 1. The first-order chi connectivity index (χ1) is 9.02. The molecule has 0 aliphatic carbocycles. The summed E-state index contributed by atoms with van der Waals surface area (Å²) in [6.07, 6.45) is 4.82. The second-order valence-corrected chi connectivity index (χ2v) is 9.90. The molecule has 0 N–H and O–H groups in total. The molecular weight excluding hydrogens is 346 g/mol. The van der Waals surface area contributed by atoms with Gasteiger partial charge in [0, 0.05) is 21.8 Å². The molecule has 2 aliphatic rings. The third-order valence-electron chi connectivity index (χ3n) is 4.13. The van der Waals surface area contributed by atoms with Crippen molar-refractivity contribution in [2.45, 2.75) is 60.1 Å². The minimum Gasteiger partial charge on any atom is -0.206 e. The Hall–Kier alpha value is 0.0900. The zero-order valence-electron chi connectivity index (χ0n) is 10.9. The molecule has 1 aromatic heterocycles. The second kappa shape index (κ2) is 5.13. The van der Waals surface area contributed by atoms with E-state index in [0.29, 0.717) is 9.04 Å². The number of rotatable bonds is 3. The number of sulfonamides is 1. The minimum absolute atomic E-state index is 0.195. The molecule has 0 saturated carbocycles. The molecule has 0 aromatic carbocycles. The zero-order valence-corrected chi connectivity index (χ0v) is 14.1. The van der Waals surface area contributed by atoms with Gasteiger partial charge in [-0.05, 0) is 44.2 Å². The van der Waals surface area contributed by atoms with Crippen LogP contribution >= 0.6 is 27.3 Å². The van der Waals surface area contributed by atoms with Crippen LogP contribution in [-0.2, 0) is 16.4 Å². The summed E-state index contributed by atoms with van der Waals surface area (Å²) in [5.74, 6) is 0. The highest BCUT2D eigenvalue weighted by molar-refractivity contribution is 9.09. The molecule has 2 bridgehead atoms. The molecule has 19 heavy (non-hydrogen) atoms. The molecule has 1 aromatic rings. The normalized spacial score (nSPS) is 31.8. The Labute approximate surface area is 127 Å². The van der Waals surface area contributed by atoms with E-state index in [4.69, 9.17) is 0 Å². The molecule has 3 nitrogen and oxygen atoms in total. The first-order valence-corrected chi connectivity index (χ1v) is 9.96. The van der Waals surface area contributed by atoms with Gasteiger partial charge in [-0.2, -0.15) is 4.31 Å². The van der Waals surface area contributed by atoms with Crippen molar-refractivity contribution in [1.82, 2.24) is 4.31 Å². The highest BCUT2D eigenvalue weighted by Gasteiger charge is 2.46. The summed E-state index contributed by atoms with van der Waals surface area (Å²) in [5.41, 5.74) is 0. The van der Waals surface area contributed by atoms with Crippen LogP contribution in [0.25, 0.3) is 0 Å². The molecule has 106 valence electrons. The fourth-order valence-corrected chi connectivity index (χ4v) is 7.41. The lowest BCUT2D eigenvalue weighted by atomic mass is 10.1. The monoisotopic (exact) mass is 363 g/mol. The number of alkyl halides is 1.